The maximum atomic E-state index is 11.0. The third-order valence-electron chi connectivity index (χ3n) is 2.53. The maximum absolute atomic E-state index is 11.0. The Bertz CT molecular complexity index is 521. The lowest BCUT2D eigenvalue weighted by atomic mass is 10.00. The molecule has 0 spiro atoms. The largest absolute Gasteiger partial charge is 0.478 e. The van der Waals surface area contributed by atoms with E-state index in [1.54, 1.807) is 13.1 Å². The van der Waals surface area contributed by atoms with Crippen molar-refractivity contribution in [2.24, 2.45) is 0 Å². The average Bonchev–Trinajstić information content (AvgIpc) is 2.30. The van der Waals surface area contributed by atoms with E-state index in [9.17, 15) is 4.79 Å². The highest BCUT2D eigenvalue weighted by Crippen LogP contribution is 2.24. The van der Waals surface area contributed by atoms with Gasteiger partial charge in [0.2, 0.25) is 0 Å². The van der Waals surface area contributed by atoms with Gasteiger partial charge in [-0.15, -0.1) is 0 Å². The minimum Gasteiger partial charge on any atom is -0.478 e. The number of carboxylic acid groups (broad SMARTS) is 1. The standard InChI is InChI=1S/C13H11NO2/c1-9-11(10-5-3-2-4-6-10)7-14-8-12(9)13(15)16/h2-8H,1H3,(H,15,16). The van der Waals surface area contributed by atoms with Crippen LogP contribution < -0.4 is 0 Å². The van der Waals surface area contributed by atoms with Crippen LogP contribution in [-0.4, -0.2) is 16.1 Å². The fraction of sp³-hybridized carbons (Fsp3) is 0.0769. The van der Waals surface area contributed by atoms with Gasteiger partial charge in [-0.3, -0.25) is 4.98 Å². The molecular formula is C13H11NO2. The first kappa shape index (κ1) is 10.4. The summed E-state index contributed by atoms with van der Waals surface area (Å²) in [6, 6.07) is 9.64. The number of nitrogens with zero attached hydrogens (tertiary/aromatic N) is 1. The Morgan fingerprint density at radius 1 is 1.19 bits per heavy atom. The van der Waals surface area contributed by atoms with Gasteiger partial charge in [-0.05, 0) is 18.1 Å². The first-order valence-electron chi connectivity index (χ1n) is 4.93. The van der Waals surface area contributed by atoms with Gasteiger partial charge in [-0.25, -0.2) is 4.79 Å². The molecule has 1 N–H and O–H groups in total. The SMILES string of the molecule is Cc1c(C(=O)O)cncc1-c1ccccc1. The Morgan fingerprint density at radius 3 is 2.50 bits per heavy atom. The maximum Gasteiger partial charge on any atom is 0.337 e. The lowest BCUT2D eigenvalue weighted by molar-refractivity contribution is 0.0695. The number of rotatable bonds is 2. The van der Waals surface area contributed by atoms with Gasteiger partial charge in [-0.2, -0.15) is 0 Å². The van der Waals surface area contributed by atoms with Crippen LogP contribution in [0.3, 0.4) is 0 Å². The van der Waals surface area contributed by atoms with E-state index in [0.29, 0.717) is 0 Å². The smallest absolute Gasteiger partial charge is 0.337 e. The summed E-state index contributed by atoms with van der Waals surface area (Å²) in [5.41, 5.74) is 2.84. The molecule has 0 saturated carbocycles. The molecule has 1 heterocycles. The van der Waals surface area contributed by atoms with E-state index in [-0.39, 0.29) is 5.56 Å². The number of aromatic carboxylic acids is 1. The molecule has 1 aromatic heterocycles. The Hall–Kier alpha value is -2.16. The van der Waals surface area contributed by atoms with Crippen LogP contribution in [0.25, 0.3) is 11.1 Å². The molecule has 3 nitrogen and oxygen atoms in total. The lowest BCUT2D eigenvalue weighted by Crippen LogP contribution is -2.02. The monoisotopic (exact) mass is 213 g/mol. The van der Waals surface area contributed by atoms with Crippen molar-refractivity contribution in [3.05, 3.63) is 53.9 Å². The fourth-order valence-electron chi connectivity index (χ4n) is 1.65. The molecule has 16 heavy (non-hydrogen) atoms. The van der Waals surface area contributed by atoms with Crippen molar-refractivity contribution in [1.29, 1.82) is 0 Å². The summed E-state index contributed by atoms with van der Waals surface area (Å²) in [5.74, 6) is -0.942. The van der Waals surface area contributed by atoms with Crippen LogP contribution in [0.4, 0.5) is 0 Å². The second-order valence-corrected chi connectivity index (χ2v) is 3.53. The van der Waals surface area contributed by atoms with Gasteiger partial charge in [0.25, 0.3) is 0 Å². The van der Waals surface area contributed by atoms with Gasteiger partial charge in [-0.1, -0.05) is 30.3 Å². The lowest BCUT2D eigenvalue weighted by Gasteiger charge is -2.07. The van der Waals surface area contributed by atoms with Crippen LogP contribution in [0.5, 0.6) is 0 Å². The number of carbonyl (C=O) groups is 1. The molecule has 1 aromatic carbocycles. The second-order valence-electron chi connectivity index (χ2n) is 3.53. The van der Waals surface area contributed by atoms with E-state index in [1.165, 1.54) is 6.20 Å². The van der Waals surface area contributed by atoms with Crippen molar-refractivity contribution in [3.63, 3.8) is 0 Å². The fourth-order valence-corrected chi connectivity index (χ4v) is 1.65. The summed E-state index contributed by atoms with van der Waals surface area (Å²) >= 11 is 0. The third kappa shape index (κ3) is 1.80. The molecule has 0 bridgehead atoms. The van der Waals surface area contributed by atoms with Gasteiger partial charge in [0.1, 0.15) is 0 Å². The van der Waals surface area contributed by atoms with E-state index < -0.39 is 5.97 Å². The Morgan fingerprint density at radius 2 is 1.88 bits per heavy atom. The van der Waals surface area contributed by atoms with Gasteiger partial charge in [0.05, 0.1) is 5.56 Å². The zero-order valence-electron chi connectivity index (χ0n) is 8.84. The zero-order chi connectivity index (χ0) is 11.5. The first-order valence-corrected chi connectivity index (χ1v) is 4.93. The summed E-state index contributed by atoms with van der Waals surface area (Å²) < 4.78 is 0. The minimum absolute atomic E-state index is 0.251. The summed E-state index contributed by atoms with van der Waals surface area (Å²) in [6.07, 6.45) is 3.07. The van der Waals surface area contributed by atoms with Crippen LogP contribution in [0, 0.1) is 6.92 Å². The summed E-state index contributed by atoms with van der Waals surface area (Å²) in [5, 5.41) is 9.00. The highest BCUT2D eigenvalue weighted by molar-refractivity contribution is 5.91. The molecule has 3 heteroatoms. The Labute approximate surface area is 93.4 Å². The van der Waals surface area contributed by atoms with E-state index in [2.05, 4.69) is 4.98 Å². The topological polar surface area (TPSA) is 50.2 Å². The highest BCUT2D eigenvalue weighted by Gasteiger charge is 2.11. The molecule has 2 aromatic rings. The molecule has 0 saturated heterocycles. The molecule has 2 rings (SSSR count). The number of benzene rings is 1. The van der Waals surface area contributed by atoms with Gasteiger partial charge in [0.15, 0.2) is 0 Å². The predicted molar refractivity (Wildman–Crippen MR) is 61.4 cm³/mol. The second kappa shape index (κ2) is 4.14. The number of carboxylic acids is 1. The van der Waals surface area contributed by atoms with Crippen molar-refractivity contribution in [1.82, 2.24) is 4.98 Å². The number of aromatic nitrogens is 1. The predicted octanol–water partition coefficient (Wildman–Crippen LogP) is 2.76. The summed E-state index contributed by atoms with van der Waals surface area (Å²) in [4.78, 5) is 14.9. The molecular weight excluding hydrogens is 202 g/mol. The summed E-state index contributed by atoms with van der Waals surface area (Å²) in [7, 11) is 0. The van der Waals surface area contributed by atoms with Crippen molar-refractivity contribution in [2.75, 3.05) is 0 Å². The van der Waals surface area contributed by atoms with Crippen LogP contribution in [-0.2, 0) is 0 Å². The molecule has 0 atom stereocenters. The Kier molecular flexibility index (Phi) is 2.68. The van der Waals surface area contributed by atoms with E-state index in [0.717, 1.165) is 16.7 Å². The van der Waals surface area contributed by atoms with Crippen LogP contribution >= 0.6 is 0 Å². The van der Waals surface area contributed by atoms with Crippen molar-refractivity contribution in [3.8, 4) is 11.1 Å². The highest BCUT2D eigenvalue weighted by atomic mass is 16.4. The third-order valence-corrected chi connectivity index (χ3v) is 2.53. The molecule has 80 valence electrons. The molecule has 0 fully saturated rings. The van der Waals surface area contributed by atoms with Gasteiger partial charge < -0.3 is 5.11 Å². The van der Waals surface area contributed by atoms with Crippen LogP contribution in [0.2, 0.25) is 0 Å². The van der Waals surface area contributed by atoms with Crippen molar-refractivity contribution < 1.29 is 9.90 Å². The van der Waals surface area contributed by atoms with Crippen LogP contribution in [0.15, 0.2) is 42.7 Å². The van der Waals surface area contributed by atoms with E-state index >= 15 is 0 Å². The van der Waals surface area contributed by atoms with E-state index in [1.807, 2.05) is 30.3 Å². The number of hydrogen-bond acceptors (Lipinski definition) is 2. The number of pyridine rings is 1. The van der Waals surface area contributed by atoms with E-state index in [4.69, 9.17) is 5.11 Å². The first-order chi connectivity index (χ1) is 7.70. The molecule has 0 aliphatic heterocycles. The van der Waals surface area contributed by atoms with Crippen molar-refractivity contribution >= 4 is 5.97 Å². The normalized spacial score (nSPS) is 10.1. The van der Waals surface area contributed by atoms with Crippen molar-refractivity contribution in [2.45, 2.75) is 6.92 Å². The van der Waals surface area contributed by atoms with Gasteiger partial charge in [0, 0.05) is 18.0 Å². The quantitative estimate of drug-likeness (QED) is 0.834. The average molecular weight is 213 g/mol. The molecule has 0 aliphatic rings. The zero-order valence-corrected chi connectivity index (χ0v) is 8.84. The molecule has 0 aliphatic carbocycles. The molecule has 0 radical (unpaired) electrons. The molecule has 0 amide bonds. The number of hydrogen-bond donors (Lipinski definition) is 1. The van der Waals surface area contributed by atoms with Gasteiger partial charge >= 0.3 is 5.97 Å². The van der Waals surface area contributed by atoms with Crippen LogP contribution in [0.1, 0.15) is 15.9 Å². The minimum atomic E-state index is -0.942. The summed E-state index contributed by atoms with van der Waals surface area (Å²) in [6.45, 7) is 1.80. The molecule has 0 unspecified atom stereocenters. The Balaban J connectivity index is 2.59.